The van der Waals surface area contributed by atoms with Gasteiger partial charge < -0.3 is 14.8 Å². The summed E-state index contributed by atoms with van der Waals surface area (Å²) in [5.74, 6) is 0.867. The van der Waals surface area contributed by atoms with Crippen LogP contribution in [0.15, 0.2) is 21.1 Å². The molecule has 1 aliphatic rings. The molecule has 1 aromatic carbocycles. The van der Waals surface area contributed by atoms with Crippen LogP contribution < -0.4 is 10.1 Å². The number of hydrogen-bond donors (Lipinski definition) is 1. The standard InChI is InChI=1S/C15H21Br2NO2/c1-3-20-15-11(16)7-10(8-12(15)17)9-18-13-5-4-6-14(13)19-2/h7-8,13-14,18H,3-6,9H2,1-2H3. The summed E-state index contributed by atoms with van der Waals surface area (Å²) in [6, 6.07) is 4.68. The van der Waals surface area contributed by atoms with Gasteiger partial charge in [0.05, 0.1) is 21.7 Å². The highest BCUT2D eigenvalue weighted by Crippen LogP contribution is 2.35. The van der Waals surface area contributed by atoms with E-state index in [-0.39, 0.29) is 0 Å². The molecular formula is C15H21Br2NO2. The molecule has 20 heavy (non-hydrogen) atoms. The summed E-state index contributed by atoms with van der Waals surface area (Å²) in [6.07, 6.45) is 3.94. The summed E-state index contributed by atoms with van der Waals surface area (Å²) in [4.78, 5) is 0. The Kier molecular flexibility index (Phi) is 6.33. The first kappa shape index (κ1) is 16.3. The number of benzene rings is 1. The van der Waals surface area contributed by atoms with E-state index >= 15 is 0 Å². The molecule has 0 radical (unpaired) electrons. The molecule has 2 rings (SSSR count). The zero-order chi connectivity index (χ0) is 14.5. The fourth-order valence-corrected chi connectivity index (χ4v) is 4.20. The predicted molar refractivity (Wildman–Crippen MR) is 88.3 cm³/mol. The van der Waals surface area contributed by atoms with Crippen molar-refractivity contribution in [2.75, 3.05) is 13.7 Å². The molecule has 0 saturated heterocycles. The molecule has 0 aliphatic heterocycles. The number of nitrogens with one attached hydrogen (secondary N) is 1. The summed E-state index contributed by atoms with van der Waals surface area (Å²) in [5, 5.41) is 3.60. The average molecular weight is 407 g/mol. The van der Waals surface area contributed by atoms with E-state index in [1.165, 1.54) is 18.4 Å². The second-order valence-corrected chi connectivity index (χ2v) is 6.72. The lowest BCUT2D eigenvalue weighted by molar-refractivity contribution is 0.0847. The van der Waals surface area contributed by atoms with Gasteiger partial charge in [-0.05, 0) is 75.7 Å². The van der Waals surface area contributed by atoms with Crippen molar-refractivity contribution in [2.24, 2.45) is 0 Å². The Balaban J connectivity index is 1.99. The smallest absolute Gasteiger partial charge is 0.147 e. The van der Waals surface area contributed by atoms with Gasteiger partial charge in [0.2, 0.25) is 0 Å². The quantitative estimate of drug-likeness (QED) is 0.765. The molecule has 3 nitrogen and oxygen atoms in total. The first-order chi connectivity index (χ1) is 9.65. The van der Waals surface area contributed by atoms with Crippen LogP contribution in [-0.2, 0) is 11.3 Å². The molecule has 0 aromatic heterocycles. The molecule has 2 atom stereocenters. The average Bonchev–Trinajstić information content (AvgIpc) is 2.88. The van der Waals surface area contributed by atoms with Crippen LogP contribution in [0.4, 0.5) is 0 Å². The second kappa shape index (κ2) is 7.78. The maximum atomic E-state index is 5.60. The molecular weight excluding hydrogens is 386 g/mol. The van der Waals surface area contributed by atoms with Crippen LogP contribution in [0.1, 0.15) is 31.7 Å². The Bertz CT molecular complexity index is 430. The number of methoxy groups -OCH3 is 1. The number of hydrogen-bond acceptors (Lipinski definition) is 3. The molecule has 1 saturated carbocycles. The van der Waals surface area contributed by atoms with E-state index < -0.39 is 0 Å². The lowest BCUT2D eigenvalue weighted by Gasteiger charge is -2.20. The normalized spacial score (nSPS) is 22.2. The van der Waals surface area contributed by atoms with Gasteiger partial charge in [0.15, 0.2) is 0 Å². The highest BCUT2D eigenvalue weighted by molar-refractivity contribution is 9.11. The van der Waals surface area contributed by atoms with E-state index in [1.807, 2.05) is 6.92 Å². The van der Waals surface area contributed by atoms with E-state index in [4.69, 9.17) is 9.47 Å². The van der Waals surface area contributed by atoms with Crippen LogP contribution in [0.2, 0.25) is 0 Å². The zero-order valence-corrected chi connectivity index (χ0v) is 15.1. The van der Waals surface area contributed by atoms with Gasteiger partial charge in [-0.25, -0.2) is 0 Å². The third-order valence-electron chi connectivity index (χ3n) is 3.67. The van der Waals surface area contributed by atoms with Gasteiger partial charge in [0, 0.05) is 19.7 Å². The molecule has 0 heterocycles. The highest BCUT2D eigenvalue weighted by atomic mass is 79.9. The minimum absolute atomic E-state index is 0.351. The minimum Gasteiger partial charge on any atom is -0.492 e. The first-order valence-electron chi connectivity index (χ1n) is 7.02. The Morgan fingerprint density at radius 2 is 1.95 bits per heavy atom. The van der Waals surface area contributed by atoms with Crippen LogP contribution in [0.25, 0.3) is 0 Å². The van der Waals surface area contributed by atoms with Crippen molar-refractivity contribution in [3.05, 3.63) is 26.6 Å². The predicted octanol–water partition coefficient (Wildman–Crippen LogP) is 4.27. The fraction of sp³-hybridized carbons (Fsp3) is 0.600. The van der Waals surface area contributed by atoms with Crippen LogP contribution in [0.5, 0.6) is 5.75 Å². The Hall–Kier alpha value is -0.100. The number of rotatable bonds is 6. The Morgan fingerprint density at radius 1 is 1.25 bits per heavy atom. The van der Waals surface area contributed by atoms with Crippen LogP contribution in [-0.4, -0.2) is 25.9 Å². The van der Waals surface area contributed by atoms with Crippen molar-refractivity contribution in [3.63, 3.8) is 0 Å². The van der Waals surface area contributed by atoms with Gasteiger partial charge in [0.1, 0.15) is 5.75 Å². The summed E-state index contributed by atoms with van der Waals surface area (Å²) >= 11 is 7.14. The lowest BCUT2D eigenvalue weighted by Crippen LogP contribution is -2.36. The molecule has 0 spiro atoms. The van der Waals surface area contributed by atoms with E-state index in [9.17, 15) is 0 Å². The van der Waals surface area contributed by atoms with Gasteiger partial charge in [-0.3, -0.25) is 0 Å². The molecule has 5 heteroatoms. The van der Waals surface area contributed by atoms with Gasteiger partial charge in [-0.15, -0.1) is 0 Å². The first-order valence-corrected chi connectivity index (χ1v) is 8.61. The molecule has 2 unspecified atom stereocenters. The van der Waals surface area contributed by atoms with Crippen molar-refractivity contribution < 1.29 is 9.47 Å². The number of ether oxygens (including phenoxy) is 2. The molecule has 1 fully saturated rings. The van der Waals surface area contributed by atoms with Crippen molar-refractivity contribution in [2.45, 2.75) is 44.9 Å². The summed E-state index contributed by atoms with van der Waals surface area (Å²) in [6.45, 7) is 3.49. The number of halogens is 2. The van der Waals surface area contributed by atoms with Crippen molar-refractivity contribution in [1.82, 2.24) is 5.32 Å². The molecule has 1 aliphatic carbocycles. The topological polar surface area (TPSA) is 30.5 Å². The van der Waals surface area contributed by atoms with Gasteiger partial charge in [-0.1, -0.05) is 0 Å². The van der Waals surface area contributed by atoms with Gasteiger partial charge in [-0.2, -0.15) is 0 Å². The van der Waals surface area contributed by atoms with E-state index in [1.54, 1.807) is 7.11 Å². The minimum atomic E-state index is 0.351. The Labute approximate surface area is 137 Å². The summed E-state index contributed by atoms with van der Waals surface area (Å²) in [7, 11) is 1.80. The third-order valence-corrected chi connectivity index (χ3v) is 4.85. The molecule has 112 valence electrons. The van der Waals surface area contributed by atoms with Crippen molar-refractivity contribution in [1.29, 1.82) is 0 Å². The zero-order valence-electron chi connectivity index (χ0n) is 11.9. The van der Waals surface area contributed by atoms with Crippen LogP contribution in [0.3, 0.4) is 0 Å². The molecule has 0 bridgehead atoms. The summed E-state index contributed by atoms with van der Waals surface area (Å²) < 4.78 is 13.1. The lowest BCUT2D eigenvalue weighted by atomic mass is 10.1. The maximum absolute atomic E-state index is 5.60. The van der Waals surface area contributed by atoms with E-state index in [2.05, 4.69) is 49.3 Å². The summed E-state index contributed by atoms with van der Waals surface area (Å²) in [5.41, 5.74) is 1.23. The van der Waals surface area contributed by atoms with Crippen LogP contribution >= 0.6 is 31.9 Å². The maximum Gasteiger partial charge on any atom is 0.147 e. The third kappa shape index (κ3) is 3.97. The fourth-order valence-electron chi connectivity index (χ4n) is 2.69. The van der Waals surface area contributed by atoms with E-state index in [0.717, 1.165) is 27.7 Å². The van der Waals surface area contributed by atoms with Crippen molar-refractivity contribution >= 4 is 31.9 Å². The van der Waals surface area contributed by atoms with E-state index in [0.29, 0.717) is 18.8 Å². The van der Waals surface area contributed by atoms with Gasteiger partial charge >= 0.3 is 0 Å². The second-order valence-electron chi connectivity index (χ2n) is 5.01. The SMILES string of the molecule is CCOc1c(Br)cc(CNC2CCCC2OC)cc1Br. The van der Waals surface area contributed by atoms with Crippen molar-refractivity contribution in [3.8, 4) is 5.75 Å². The van der Waals surface area contributed by atoms with Gasteiger partial charge in [0.25, 0.3) is 0 Å². The Morgan fingerprint density at radius 3 is 2.55 bits per heavy atom. The largest absolute Gasteiger partial charge is 0.492 e. The monoisotopic (exact) mass is 405 g/mol. The highest BCUT2D eigenvalue weighted by Gasteiger charge is 2.26. The molecule has 1 N–H and O–H groups in total. The van der Waals surface area contributed by atoms with Crippen LogP contribution in [0, 0.1) is 0 Å². The molecule has 0 amide bonds. The molecule has 1 aromatic rings.